The summed E-state index contributed by atoms with van der Waals surface area (Å²) in [5.74, 6) is -10.5. The molecule has 0 aliphatic carbocycles. The van der Waals surface area contributed by atoms with Gasteiger partial charge in [0.2, 0.25) is 0 Å². The van der Waals surface area contributed by atoms with Crippen LogP contribution in [-0.2, 0) is 59.1 Å². The van der Waals surface area contributed by atoms with Gasteiger partial charge < -0.3 is 42.1 Å². The van der Waals surface area contributed by atoms with E-state index in [0.717, 1.165) is 0 Å². The standard InChI is InChI=1S/3C4H6O7S.C3H10N2/c3*5-3(6)1-2(4(7)8)12(9,10)11;1-3(5)2-4/h3*2H,1H2,(H,5,6)(H,7,8)(H,9,10,11);3H,2,4-5H2,1H3. The van der Waals surface area contributed by atoms with E-state index in [9.17, 15) is 54.0 Å². The lowest BCUT2D eigenvalue weighted by molar-refractivity contribution is -0.143. The normalized spacial score (nSPS) is 13.9. The van der Waals surface area contributed by atoms with Crippen molar-refractivity contribution in [3.05, 3.63) is 0 Å². The molecular formula is C15H28N2O21S3. The van der Waals surface area contributed by atoms with Crippen molar-refractivity contribution in [2.45, 2.75) is 48.0 Å². The minimum Gasteiger partial charge on any atom is -0.481 e. The minimum absolute atomic E-state index is 0.162. The zero-order valence-electron chi connectivity index (χ0n) is 20.4. The van der Waals surface area contributed by atoms with E-state index < -0.39 is 101 Å². The molecule has 23 nitrogen and oxygen atoms in total. The van der Waals surface area contributed by atoms with Crippen LogP contribution in [0.4, 0.5) is 0 Å². The second-order valence-corrected chi connectivity index (χ2v) is 11.8. The average Bonchev–Trinajstić information content (AvgIpc) is 2.72. The second kappa shape index (κ2) is 19.5. The van der Waals surface area contributed by atoms with Crippen molar-refractivity contribution >= 4 is 66.2 Å². The maximum Gasteiger partial charge on any atom is 0.325 e. The number of carboxylic acid groups (broad SMARTS) is 6. The van der Waals surface area contributed by atoms with Crippen LogP contribution >= 0.6 is 0 Å². The van der Waals surface area contributed by atoms with E-state index in [2.05, 4.69) is 0 Å². The molecule has 0 aliphatic rings. The fourth-order valence-corrected chi connectivity index (χ4v) is 3.26. The van der Waals surface area contributed by atoms with Gasteiger partial charge in [0, 0.05) is 12.6 Å². The summed E-state index contributed by atoms with van der Waals surface area (Å²) in [7, 11) is -14.5. The van der Waals surface area contributed by atoms with Crippen LogP contribution in [0, 0.1) is 0 Å². The van der Waals surface area contributed by atoms with Crippen LogP contribution in [0.5, 0.6) is 0 Å². The molecule has 0 amide bonds. The zero-order valence-corrected chi connectivity index (χ0v) is 22.9. The quantitative estimate of drug-likeness (QED) is 0.0826. The largest absolute Gasteiger partial charge is 0.481 e. The Morgan fingerprint density at radius 2 is 0.683 bits per heavy atom. The van der Waals surface area contributed by atoms with E-state index in [0.29, 0.717) is 6.54 Å². The Morgan fingerprint density at radius 3 is 0.707 bits per heavy atom. The molecule has 0 saturated carbocycles. The van der Waals surface area contributed by atoms with Crippen LogP contribution in [0.1, 0.15) is 26.2 Å². The van der Waals surface area contributed by atoms with E-state index in [1.54, 1.807) is 0 Å². The third-order valence-corrected chi connectivity index (χ3v) is 6.62. The third-order valence-electron chi connectivity index (χ3n) is 3.36. The Balaban J connectivity index is -0.000000231. The first-order chi connectivity index (χ1) is 18.0. The highest BCUT2D eigenvalue weighted by molar-refractivity contribution is 7.87. The molecule has 242 valence electrons. The maximum atomic E-state index is 10.2. The van der Waals surface area contributed by atoms with Gasteiger partial charge in [0.05, 0.1) is 19.3 Å². The summed E-state index contributed by atoms with van der Waals surface area (Å²) in [5, 5.41) is 41.7. The summed E-state index contributed by atoms with van der Waals surface area (Å²) in [6, 6.07) is 0.162. The fourth-order valence-electron chi connectivity index (χ4n) is 1.44. The highest BCUT2D eigenvalue weighted by Crippen LogP contribution is 2.05. The molecule has 0 bridgehead atoms. The first-order valence-corrected chi connectivity index (χ1v) is 14.2. The smallest absolute Gasteiger partial charge is 0.325 e. The molecule has 0 aromatic heterocycles. The Bertz CT molecular complexity index is 1090. The number of nitrogens with two attached hydrogens (primary N) is 2. The summed E-state index contributed by atoms with van der Waals surface area (Å²) >= 11 is 0. The SMILES string of the molecule is CC(N)CN.O=C(O)CC(C(=O)O)S(=O)(=O)O.O=C(O)CC(C(=O)O)S(=O)(=O)O.O=C(O)CC(C(=O)O)S(=O)(=O)O. The highest BCUT2D eigenvalue weighted by Gasteiger charge is 2.34. The number of rotatable bonds is 13. The second-order valence-electron chi connectivity index (χ2n) is 7.03. The van der Waals surface area contributed by atoms with Gasteiger partial charge in [-0.25, -0.2) is 0 Å². The first kappa shape index (κ1) is 44.5. The monoisotopic (exact) mass is 668 g/mol. The van der Waals surface area contributed by atoms with Crippen LogP contribution < -0.4 is 11.5 Å². The molecule has 41 heavy (non-hydrogen) atoms. The number of hydrogen-bond donors (Lipinski definition) is 11. The Kier molecular flexibility index (Phi) is 21.2. The van der Waals surface area contributed by atoms with Gasteiger partial charge in [-0.15, -0.1) is 0 Å². The molecule has 0 spiro atoms. The first-order valence-electron chi connectivity index (χ1n) is 9.70. The highest BCUT2D eigenvalue weighted by atomic mass is 32.2. The lowest BCUT2D eigenvalue weighted by Gasteiger charge is -2.04. The van der Waals surface area contributed by atoms with E-state index >= 15 is 0 Å². The molecule has 13 N–H and O–H groups in total. The molecule has 0 heterocycles. The third kappa shape index (κ3) is 26.5. The molecule has 0 aromatic carbocycles. The lowest BCUT2D eigenvalue weighted by Crippen LogP contribution is -2.31. The van der Waals surface area contributed by atoms with E-state index in [-0.39, 0.29) is 6.04 Å². The molecule has 26 heteroatoms. The molecule has 0 aromatic rings. The van der Waals surface area contributed by atoms with E-state index in [1.807, 2.05) is 6.92 Å². The summed E-state index contributed by atoms with van der Waals surface area (Å²) in [5.41, 5.74) is 10.2. The Hall–Kier alpha value is -3.53. The zero-order chi connectivity index (χ0) is 34.1. The van der Waals surface area contributed by atoms with Gasteiger partial charge >= 0.3 is 35.8 Å². The van der Waals surface area contributed by atoms with Crippen LogP contribution in [0.25, 0.3) is 0 Å². The lowest BCUT2D eigenvalue weighted by atomic mass is 10.3. The molecule has 0 fully saturated rings. The van der Waals surface area contributed by atoms with Crippen molar-refractivity contribution in [3.63, 3.8) is 0 Å². The topological polar surface area (TPSA) is 439 Å². The van der Waals surface area contributed by atoms with Crippen LogP contribution in [0.2, 0.25) is 0 Å². The number of hydrogen-bond acceptors (Lipinski definition) is 14. The Morgan fingerprint density at radius 1 is 0.537 bits per heavy atom. The van der Waals surface area contributed by atoms with Gasteiger partial charge in [-0.2, -0.15) is 25.3 Å². The van der Waals surface area contributed by atoms with Crippen molar-refractivity contribution in [1.29, 1.82) is 0 Å². The van der Waals surface area contributed by atoms with Crippen molar-refractivity contribution in [3.8, 4) is 0 Å². The molecular weight excluding hydrogens is 640 g/mol. The molecule has 0 radical (unpaired) electrons. The van der Waals surface area contributed by atoms with E-state index in [1.165, 1.54) is 0 Å². The van der Waals surface area contributed by atoms with Crippen molar-refractivity contribution in [2.24, 2.45) is 11.5 Å². The molecule has 0 saturated heterocycles. The van der Waals surface area contributed by atoms with Gasteiger partial charge in [0.15, 0.2) is 15.7 Å². The predicted octanol–water partition coefficient (Wildman–Crippen LogP) is -4.30. The van der Waals surface area contributed by atoms with Gasteiger partial charge in [-0.1, -0.05) is 0 Å². The van der Waals surface area contributed by atoms with Gasteiger partial charge in [0.25, 0.3) is 30.4 Å². The van der Waals surface area contributed by atoms with Gasteiger partial charge in [-0.3, -0.25) is 42.4 Å². The van der Waals surface area contributed by atoms with Crippen molar-refractivity contribution in [2.75, 3.05) is 6.54 Å². The summed E-state index contributed by atoms with van der Waals surface area (Å²) in [4.78, 5) is 60.0. The van der Waals surface area contributed by atoms with Crippen LogP contribution in [-0.4, -0.2) is 134 Å². The summed E-state index contributed by atoms with van der Waals surface area (Å²) in [6.45, 7) is 2.46. The summed E-state index contributed by atoms with van der Waals surface area (Å²) < 4.78 is 86.0. The summed E-state index contributed by atoms with van der Waals surface area (Å²) in [6.07, 6.45) is -3.48. The predicted molar refractivity (Wildman–Crippen MR) is 128 cm³/mol. The molecule has 0 aliphatic heterocycles. The van der Waals surface area contributed by atoms with Crippen LogP contribution in [0.15, 0.2) is 0 Å². The Labute approximate surface area is 230 Å². The number of carbonyl (C=O) groups is 6. The average molecular weight is 669 g/mol. The fraction of sp³-hybridized carbons (Fsp3) is 0.600. The van der Waals surface area contributed by atoms with Crippen molar-refractivity contribution < 1.29 is 98.3 Å². The minimum atomic E-state index is -4.84. The van der Waals surface area contributed by atoms with Crippen molar-refractivity contribution in [1.82, 2.24) is 0 Å². The van der Waals surface area contributed by atoms with E-state index in [4.69, 9.17) is 55.8 Å². The van der Waals surface area contributed by atoms with Gasteiger partial charge in [-0.05, 0) is 6.92 Å². The van der Waals surface area contributed by atoms with Crippen LogP contribution in [0.3, 0.4) is 0 Å². The number of carboxylic acids is 6. The number of aliphatic carboxylic acids is 6. The molecule has 4 atom stereocenters. The maximum absolute atomic E-state index is 10.2. The molecule has 0 rings (SSSR count). The van der Waals surface area contributed by atoms with Gasteiger partial charge in [0.1, 0.15) is 0 Å². The molecule has 4 unspecified atom stereocenters.